The Morgan fingerprint density at radius 2 is 1.81 bits per heavy atom. The third-order valence-electron chi connectivity index (χ3n) is 2.28. The van der Waals surface area contributed by atoms with Gasteiger partial charge in [0.15, 0.2) is 0 Å². The van der Waals surface area contributed by atoms with Gasteiger partial charge in [0.05, 0.1) is 0 Å². The summed E-state index contributed by atoms with van der Waals surface area (Å²) in [6, 6.07) is 8.46. The van der Waals surface area contributed by atoms with Crippen LogP contribution in [0.25, 0.3) is 6.08 Å². The summed E-state index contributed by atoms with van der Waals surface area (Å²) in [6.45, 7) is 0.710. The van der Waals surface area contributed by atoms with Gasteiger partial charge in [-0.1, -0.05) is 36.4 Å². The zero-order valence-corrected chi connectivity index (χ0v) is 10.1. The van der Waals surface area contributed by atoms with Crippen LogP contribution in [0.3, 0.4) is 0 Å². The van der Waals surface area contributed by atoms with Crippen molar-refractivity contribution in [3.8, 4) is 0 Å². The second-order valence-corrected chi connectivity index (χ2v) is 3.85. The molecule has 0 aliphatic rings. The normalized spacial score (nSPS) is 11.4. The molecular formula is C14H20N2. The van der Waals surface area contributed by atoms with E-state index in [2.05, 4.69) is 41.3 Å². The maximum Gasteiger partial charge on any atom is 0.0361 e. The van der Waals surface area contributed by atoms with E-state index in [4.69, 9.17) is 5.73 Å². The number of hydrogen-bond donors (Lipinski definition) is 1. The standard InChI is InChI=1S/C14H20N2/c1-16(2)14-10-8-13(9-11-14)7-5-3-4-6-12-15/h3-5,7-11H,6,12,15H2,1-2H3/b4-3+,7-5+. The molecule has 1 aromatic carbocycles. The molecule has 2 nitrogen and oxygen atoms in total. The van der Waals surface area contributed by atoms with Gasteiger partial charge in [0.25, 0.3) is 0 Å². The fourth-order valence-corrected chi connectivity index (χ4v) is 1.32. The van der Waals surface area contributed by atoms with Crippen molar-refractivity contribution in [1.29, 1.82) is 0 Å². The first-order chi connectivity index (χ1) is 7.74. The van der Waals surface area contributed by atoms with E-state index in [1.165, 1.54) is 11.3 Å². The first kappa shape index (κ1) is 12.5. The number of nitrogens with two attached hydrogens (primary N) is 1. The van der Waals surface area contributed by atoms with Crippen molar-refractivity contribution >= 4 is 11.8 Å². The molecule has 2 N–H and O–H groups in total. The van der Waals surface area contributed by atoms with E-state index in [0.29, 0.717) is 6.54 Å². The zero-order chi connectivity index (χ0) is 11.8. The molecule has 0 bridgehead atoms. The van der Waals surface area contributed by atoms with Crippen LogP contribution >= 0.6 is 0 Å². The third kappa shape index (κ3) is 4.32. The molecule has 0 atom stereocenters. The van der Waals surface area contributed by atoms with Crippen LogP contribution in [-0.4, -0.2) is 20.6 Å². The van der Waals surface area contributed by atoms with Crippen LogP contribution < -0.4 is 10.6 Å². The highest BCUT2D eigenvalue weighted by molar-refractivity contribution is 5.56. The molecule has 0 unspecified atom stereocenters. The third-order valence-corrected chi connectivity index (χ3v) is 2.28. The van der Waals surface area contributed by atoms with Crippen molar-refractivity contribution in [2.24, 2.45) is 5.73 Å². The van der Waals surface area contributed by atoms with Gasteiger partial charge in [0, 0.05) is 19.8 Å². The Balaban J connectivity index is 2.55. The number of hydrogen-bond acceptors (Lipinski definition) is 2. The van der Waals surface area contributed by atoms with Crippen LogP contribution in [0.5, 0.6) is 0 Å². The van der Waals surface area contributed by atoms with Crippen LogP contribution in [0.15, 0.2) is 42.5 Å². The van der Waals surface area contributed by atoms with Crippen LogP contribution in [-0.2, 0) is 0 Å². The number of rotatable bonds is 5. The van der Waals surface area contributed by atoms with Crippen LogP contribution in [0.2, 0.25) is 0 Å². The lowest BCUT2D eigenvalue weighted by Gasteiger charge is -2.11. The van der Waals surface area contributed by atoms with E-state index in [1.807, 2.05) is 26.2 Å². The molecule has 1 aromatic rings. The maximum atomic E-state index is 5.39. The lowest BCUT2D eigenvalue weighted by Crippen LogP contribution is -2.07. The Bertz CT molecular complexity index is 348. The predicted molar refractivity (Wildman–Crippen MR) is 72.6 cm³/mol. The minimum atomic E-state index is 0.710. The van der Waals surface area contributed by atoms with Gasteiger partial charge in [0.1, 0.15) is 0 Å². The molecule has 0 aliphatic heterocycles. The lowest BCUT2D eigenvalue weighted by molar-refractivity contribution is 1.01. The van der Waals surface area contributed by atoms with E-state index >= 15 is 0 Å². The minimum absolute atomic E-state index is 0.710. The SMILES string of the molecule is CN(C)c1ccc(/C=C/C=C/CCN)cc1. The number of benzene rings is 1. The Labute approximate surface area is 98.1 Å². The Kier molecular flexibility index (Phi) is 5.37. The van der Waals surface area contributed by atoms with Gasteiger partial charge in [0.2, 0.25) is 0 Å². The quantitative estimate of drug-likeness (QED) is 0.767. The van der Waals surface area contributed by atoms with E-state index in [9.17, 15) is 0 Å². The van der Waals surface area contributed by atoms with Gasteiger partial charge in [-0.2, -0.15) is 0 Å². The predicted octanol–water partition coefficient (Wildman–Crippen LogP) is 2.67. The fraction of sp³-hybridized carbons (Fsp3) is 0.286. The van der Waals surface area contributed by atoms with Crippen molar-refractivity contribution in [2.75, 3.05) is 25.5 Å². The number of anilines is 1. The van der Waals surface area contributed by atoms with E-state index in [0.717, 1.165) is 6.42 Å². The van der Waals surface area contributed by atoms with E-state index in [1.54, 1.807) is 0 Å². The molecule has 0 radical (unpaired) electrons. The number of nitrogens with zero attached hydrogens (tertiary/aromatic N) is 1. The van der Waals surface area contributed by atoms with Gasteiger partial charge in [-0.15, -0.1) is 0 Å². The highest BCUT2D eigenvalue weighted by atomic mass is 15.1. The molecule has 0 saturated heterocycles. The van der Waals surface area contributed by atoms with Gasteiger partial charge in [-0.25, -0.2) is 0 Å². The fourth-order valence-electron chi connectivity index (χ4n) is 1.32. The zero-order valence-electron chi connectivity index (χ0n) is 10.1. The molecule has 0 saturated carbocycles. The summed E-state index contributed by atoms with van der Waals surface area (Å²) in [5, 5.41) is 0. The molecule has 1 rings (SSSR count). The Morgan fingerprint density at radius 1 is 1.12 bits per heavy atom. The Hall–Kier alpha value is -1.54. The largest absolute Gasteiger partial charge is 0.378 e. The average Bonchev–Trinajstić information content (AvgIpc) is 2.29. The maximum absolute atomic E-state index is 5.39. The van der Waals surface area contributed by atoms with Crippen LogP contribution in [0, 0.1) is 0 Å². The molecule has 0 spiro atoms. The van der Waals surface area contributed by atoms with Crippen molar-refractivity contribution in [3.05, 3.63) is 48.1 Å². The van der Waals surface area contributed by atoms with Gasteiger partial charge < -0.3 is 10.6 Å². The molecule has 2 heteroatoms. The average molecular weight is 216 g/mol. The first-order valence-corrected chi connectivity index (χ1v) is 5.54. The van der Waals surface area contributed by atoms with Crippen molar-refractivity contribution in [3.63, 3.8) is 0 Å². The van der Waals surface area contributed by atoms with E-state index < -0.39 is 0 Å². The lowest BCUT2D eigenvalue weighted by atomic mass is 10.2. The molecule has 0 amide bonds. The summed E-state index contributed by atoms with van der Waals surface area (Å²) in [7, 11) is 4.08. The monoisotopic (exact) mass is 216 g/mol. The summed E-state index contributed by atoms with van der Waals surface area (Å²) < 4.78 is 0. The van der Waals surface area contributed by atoms with Crippen LogP contribution in [0.1, 0.15) is 12.0 Å². The molecule has 0 heterocycles. The van der Waals surface area contributed by atoms with Crippen molar-refractivity contribution in [1.82, 2.24) is 0 Å². The minimum Gasteiger partial charge on any atom is -0.378 e. The van der Waals surface area contributed by atoms with Gasteiger partial charge in [-0.05, 0) is 30.7 Å². The number of allylic oxidation sites excluding steroid dienone is 2. The molecular weight excluding hydrogens is 196 g/mol. The molecule has 0 aromatic heterocycles. The molecule has 0 aliphatic carbocycles. The van der Waals surface area contributed by atoms with Gasteiger partial charge in [-0.3, -0.25) is 0 Å². The van der Waals surface area contributed by atoms with Crippen LogP contribution in [0.4, 0.5) is 5.69 Å². The van der Waals surface area contributed by atoms with E-state index in [-0.39, 0.29) is 0 Å². The summed E-state index contributed by atoms with van der Waals surface area (Å²) >= 11 is 0. The highest BCUT2D eigenvalue weighted by Crippen LogP contribution is 2.13. The summed E-state index contributed by atoms with van der Waals surface area (Å²) in [4.78, 5) is 2.09. The Morgan fingerprint density at radius 3 is 2.38 bits per heavy atom. The van der Waals surface area contributed by atoms with Gasteiger partial charge >= 0.3 is 0 Å². The molecule has 86 valence electrons. The summed E-state index contributed by atoms with van der Waals surface area (Å²) in [5.41, 5.74) is 7.82. The summed E-state index contributed by atoms with van der Waals surface area (Å²) in [6.07, 6.45) is 9.17. The highest BCUT2D eigenvalue weighted by Gasteiger charge is 1.92. The molecule has 0 fully saturated rings. The first-order valence-electron chi connectivity index (χ1n) is 5.54. The van der Waals surface area contributed by atoms with Crippen molar-refractivity contribution < 1.29 is 0 Å². The van der Waals surface area contributed by atoms with Crippen molar-refractivity contribution in [2.45, 2.75) is 6.42 Å². The second-order valence-electron chi connectivity index (χ2n) is 3.85. The smallest absolute Gasteiger partial charge is 0.0361 e. The topological polar surface area (TPSA) is 29.3 Å². The second kappa shape index (κ2) is 6.85. The summed E-state index contributed by atoms with van der Waals surface area (Å²) in [5.74, 6) is 0. The molecule has 16 heavy (non-hydrogen) atoms.